The molecule has 0 aliphatic rings. The zero-order valence-corrected chi connectivity index (χ0v) is 53.7. The van der Waals surface area contributed by atoms with E-state index in [1.807, 2.05) is 0 Å². The van der Waals surface area contributed by atoms with Crippen LogP contribution in [0.4, 0.5) is 0 Å². The number of phosphoric acid groups is 1. The van der Waals surface area contributed by atoms with E-state index >= 15 is 0 Å². The fourth-order valence-electron chi connectivity index (χ4n) is 9.76. The summed E-state index contributed by atoms with van der Waals surface area (Å²) in [6, 6.07) is 0. The summed E-state index contributed by atoms with van der Waals surface area (Å²) in [5.74, 6) is -0.817. The van der Waals surface area contributed by atoms with Crippen molar-refractivity contribution in [2.75, 3.05) is 26.4 Å². The van der Waals surface area contributed by atoms with E-state index in [4.69, 9.17) is 24.3 Å². The first-order chi connectivity index (χ1) is 39.8. The summed E-state index contributed by atoms with van der Waals surface area (Å²) in [5, 5.41) is 0. The molecule has 0 aliphatic heterocycles. The zero-order valence-electron chi connectivity index (χ0n) is 52.8. The monoisotopic (exact) mass is 1150 g/mol. The van der Waals surface area contributed by atoms with Crippen LogP contribution in [0.5, 0.6) is 0 Å². The molecule has 0 saturated carbocycles. The lowest BCUT2D eigenvalue weighted by atomic mass is 10.0. The number of unbranched alkanes of at least 4 members (excludes halogenated alkanes) is 37. The van der Waals surface area contributed by atoms with Crippen molar-refractivity contribution in [2.45, 2.75) is 328 Å². The predicted octanol–water partition coefficient (Wildman–Crippen LogP) is 22.2. The molecule has 0 aliphatic carbocycles. The summed E-state index contributed by atoms with van der Waals surface area (Å²) in [6.07, 6.45) is 88.1. The van der Waals surface area contributed by atoms with Gasteiger partial charge in [-0.05, 0) is 89.9 Å². The van der Waals surface area contributed by atoms with Crippen molar-refractivity contribution >= 4 is 19.8 Å². The average molecular weight is 1150 g/mol. The molecule has 0 radical (unpaired) electrons. The molecular weight excluding hydrogens is 1030 g/mol. The van der Waals surface area contributed by atoms with Crippen molar-refractivity contribution in [3.05, 3.63) is 85.1 Å². The summed E-state index contributed by atoms with van der Waals surface area (Å²) >= 11 is 0. The first-order valence-corrected chi connectivity index (χ1v) is 35.6. The van der Waals surface area contributed by atoms with Gasteiger partial charge in [0.2, 0.25) is 0 Å². The Morgan fingerprint density at radius 3 is 1.01 bits per heavy atom. The fourth-order valence-corrected chi connectivity index (χ4v) is 10.5. The Morgan fingerprint density at radius 1 is 0.383 bits per heavy atom. The number of carbonyl (C=O) groups excluding carboxylic acids is 2. The number of hydrogen-bond donors (Lipinski definition) is 2. The molecule has 0 amide bonds. The number of hydrogen-bond acceptors (Lipinski definition) is 8. The van der Waals surface area contributed by atoms with Gasteiger partial charge in [-0.15, -0.1) is 0 Å². The average Bonchev–Trinajstić information content (AvgIpc) is 3.46. The van der Waals surface area contributed by atoms with E-state index in [-0.39, 0.29) is 38.6 Å². The van der Waals surface area contributed by atoms with Crippen LogP contribution in [-0.4, -0.2) is 49.3 Å². The normalized spacial score (nSPS) is 13.5. The molecule has 2 atom stereocenters. The van der Waals surface area contributed by atoms with Gasteiger partial charge in [0.25, 0.3) is 0 Å². The third-order valence-electron chi connectivity index (χ3n) is 14.8. The topological polar surface area (TPSA) is 134 Å². The van der Waals surface area contributed by atoms with Crippen molar-refractivity contribution in [3.8, 4) is 0 Å². The van der Waals surface area contributed by atoms with Gasteiger partial charge in [-0.1, -0.05) is 304 Å². The summed E-state index contributed by atoms with van der Waals surface area (Å²) in [4.78, 5) is 35.3. The van der Waals surface area contributed by atoms with Crippen LogP contribution >= 0.6 is 7.82 Å². The highest BCUT2D eigenvalue weighted by atomic mass is 31.2. The number of carbonyl (C=O) groups is 2. The molecule has 0 saturated heterocycles. The van der Waals surface area contributed by atoms with Gasteiger partial charge >= 0.3 is 19.8 Å². The highest BCUT2D eigenvalue weighted by Gasteiger charge is 2.26. The van der Waals surface area contributed by atoms with Gasteiger partial charge < -0.3 is 20.1 Å². The maximum atomic E-state index is 12.8. The number of rotatable bonds is 64. The molecule has 470 valence electrons. The van der Waals surface area contributed by atoms with Crippen molar-refractivity contribution in [1.29, 1.82) is 0 Å². The molecule has 0 aromatic carbocycles. The number of phosphoric ester groups is 1. The lowest BCUT2D eigenvalue weighted by Gasteiger charge is -2.19. The van der Waals surface area contributed by atoms with E-state index in [1.54, 1.807) is 0 Å². The lowest BCUT2D eigenvalue weighted by Crippen LogP contribution is -2.29. The van der Waals surface area contributed by atoms with Crippen LogP contribution in [0, 0.1) is 0 Å². The van der Waals surface area contributed by atoms with Gasteiger partial charge in [0.05, 0.1) is 13.2 Å². The SMILES string of the molecule is CC/C=C\C/C=C\C/C=C\C/C=C\CCCCCCCCCCCCCCCCCCCCC(=O)OC(COC(=O)CCCCCCCCCCCCCCCC/C=C\C/C=C\C/C=C\CCCCCCC)COP(=O)(O)OCCN. The minimum Gasteiger partial charge on any atom is -0.462 e. The predicted molar refractivity (Wildman–Crippen MR) is 349 cm³/mol. The fraction of sp³-hybridized carbons (Fsp3) is 0.775. The van der Waals surface area contributed by atoms with E-state index < -0.39 is 26.5 Å². The molecule has 0 spiro atoms. The van der Waals surface area contributed by atoms with Crippen LogP contribution < -0.4 is 5.73 Å². The Labute approximate surface area is 500 Å². The van der Waals surface area contributed by atoms with E-state index in [0.29, 0.717) is 6.42 Å². The number of allylic oxidation sites excluding steroid dienone is 14. The van der Waals surface area contributed by atoms with Crippen LogP contribution in [0.1, 0.15) is 322 Å². The number of nitrogens with two attached hydrogens (primary N) is 1. The summed E-state index contributed by atoms with van der Waals surface area (Å²) in [7, 11) is -4.39. The van der Waals surface area contributed by atoms with Crippen LogP contribution in [0.15, 0.2) is 85.1 Å². The van der Waals surface area contributed by atoms with Crippen molar-refractivity contribution in [1.82, 2.24) is 0 Å². The van der Waals surface area contributed by atoms with Crippen molar-refractivity contribution in [2.24, 2.45) is 5.73 Å². The highest BCUT2D eigenvalue weighted by molar-refractivity contribution is 7.47. The standard InChI is InChI=1S/C71H128NO8P/c1-3-5-7-9-11-13-15-17-19-21-23-25-27-29-31-33-34-36-38-40-42-44-46-48-50-52-54-56-58-60-62-64-71(74)80-69(68-79-81(75,76)78-66-65-72)67-77-70(73)63-61-59-57-55-53-51-49-47-45-43-41-39-37-35-32-30-28-26-24-22-20-18-16-14-12-10-8-6-4-2/h5,7,11,13,16-19,22-25,28,30,69H,3-4,6,8-10,12,14-15,20-21,26-27,29,31-68,72H2,1-2H3,(H,75,76)/b7-5-,13-11-,18-16-,19-17-,24-22-,25-23-,30-28-. The molecule has 0 aromatic rings. The van der Waals surface area contributed by atoms with Crippen LogP contribution in [0.3, 0.4) is 0 Å². The molecular formula is C71H128NO8P. The Kier molecular flexibility index (Phi) is 64.0. The molecule has 3 N–H and O–H groups in total. The van der Waals surface area contributed by atoms with Gasteiger partial charge in [-0.3, -0.25) is 18.6 Å². The maximum Gasteiger partial charge on any atom is 0.472 e. The van der Waals surface area contributed by atoms with Gasteiger partial charge in [0, 0.05) is 19.4 Å². The minimum absolute atomic E-state index is 0.0522. The molecule has 2 unspecified atom stereocenters. The van der Waals surface area contributed by atoms with Gasteiger partial charge in [0.1, 0.15) is 6.61 Å². The van der Waals surface area contributed by atoms with E-state index in [1.165, 1.54) is 212 Å². The highest BCUT2D eigenvalue weighted by Crippen LogP contribution is 2.43. The summed E-state index contributed by atoms with van der Waals surface area (Å²) in [6.45, 7) is 3.66. The number of esters is 2. The van der Waals surface area contributed by atoms with Gasteiger partial charge in [0.15, 0.2) is 6.10 Å². The van der Waals surface area contributed by atoms with E-state index in [0.717, 1.165) is 77.0 Å². The van der Waals surface area contributed by atoms with Crippen molar-refractivity contribution in [3.63, 3.8) is 0 Å². The largest absolute Gasteiger partial charge is 0.472 e. The molecule has 10 heteroatoms. The Bertz CT molecular complexity index is 1600. The Morgan fingerprint density at radius 2 is 0.679 bits per heavy atom. The molecule has 0 fully saturated rings. The Hall–Kier alpha value is -2.81. The minimum atomic E-state index is -4.39. The summed E-state index contributed by atoms with van der Waals surface area (Å²) < 4.78 is 33.2. The smallest absolute Gasteiger partial charge is 0.462 e. The third kappa shape index (κ3) is 66.2. The van der Waals surface area contributed by atoms with E-state index in [9.17, 15) is 19.0 Å². The quantitative estimate of drug-likeness (QED) is 0.0264. The second-order valence-electron chi connectivity index (χ2n) is 22.7. The van der Waals surface area contributed by atoms with Crippen LogP contribution in [0.25, 0.3) is 0 Å². The molecule has 0 bridgehead atoms. The molecule has 0 aromatic heterocycles. The lowest BCUT2D eigenvalue weighted by molar-refractivity contribution is -0.161. The zero-order chi connectivity index (χ0) is 58.7. The molecule has 0 heterocycles. The maximum absolute atomic E-state index is 12.8. The van der Waals surface area contributed by atoms with E-state index in [2.05, 4.69) is 98.9 Å². The molecule has 81 heavy (non-hydrogen) atoms. The second-order valence-corrected chi connectivity index (χ2v) is 24.1. The molecule has 9 nitrogen and oxygen atoms in total. The van der Waals surface area contributed by atoms with Gasteiger partial charge in [-0.25, -0.2) is 4.57 Å². The Balaban J connectivity index is 3.87. The third-order valence-corrected chi connectivity index (χ3v) is 15.7. The summed E-state index contributed by atoms with van der Waals surface area (Å²) in [5.41, 5.74) is 5.40. The second kappa shape index (κ2) is 66.3. The van der Waals surface area contributed by atoms with Crippen LogP contribution in [-0.2, 0) is 32.7 Å². The molecule has 0 rings (SSSR count). The van der Waals surface area contributed by atoms with Gasteiger partial charge in [-0.2, -0.15) is 0 Å². The first-order valence-electron chi connectivity index (χ1n) is 34.1. The van der Waals surface area contributed by atoms with Crippen LogP contribution in [0.2, 0.25) is 0 Å². The van der Waals surface area contributed by atoms with Crippen molar-refractivity contribution < 1.29 is 37.6 Å². The first kappa shape index (κ1) is 78.2. The number of ether oxygens (including phenoxy) is 2.